The summed E-state index contributed by atoms with van der Waals surface area (Å²) in [5.74, 6) is -0.00257. The molecule has 6 heteroatoms. The van der Waals surface area contributed by atoms with Crippen molar-refractivity contribution in [1.82, 2.24) is 14.7 Å². The Balaban J connectivity index is 2.08. The molecule has 0 aromatic rings. The fourth-order valence-electron chi connectivity index (χ4n) is 5.24. The third-order valence-electron chi connectivity index (χ3n) is 7.99. The molecule has 0 aliphatic carbocycles. The van der Waals surface area contributed by atoms with Crippen LogP contribution >= 0.6 is 0 Å². The van der Waals surface area contributed by atoms with Crippen LogP contribution in [0.15, 0.2) is 0 Å². The number of rotatable bonds is 27. The highest BCUT2D eigenvalue weighted by Gasteiger charge is 2.15. The number of carbonyl (C=O) groups excluding carboxylic acids is 2. The monoisotopic (exact) mass is 537 g/mol. The van der Waals surface area contributed by atoms with E-state index >= 15 is 0 Å². The first-order valence-electron chi connectivity index (χ1n) is 16.4. The van der Waals surface area contributed by atoms with E-state index in [0.29, 0.717) is 13.0 Å². The summed E-state index contributed by atoms with van der Waals surface area (Å²) in [5.41, 5.74) is 0. The zero-order chi connectivity index (χ0) is 27.5. The van der Waals surface area contributed by atoms with E-state index in [4.69, 9.17) is 4.74 Å². The number of nitrogens with zero attached hydrogens (tertiary/aromatic N) is 3. The van der Waals surface area contributed by atoms with E-state index < -0.39 is 0 Å². The number of unbranched alkanes of at least 4 members (excludes halogenated alkanes) is 15. The first kappa shape index (κ1) is 35.0. The van der Waals surface area contributed by atoms with Crippen molar-refractivity contribution in [2.24, 2.45) is 0 Å². The van der Waals surface area contributed by atoms with Crippen LogP contribution in [0.1, 0.15) is 129 Å². The number of aldehydes is 1. The number of hydrogen-bond acceptors (Lipinski definition) is 6. The highest BCUT2D eigenvalue weighted by atomic mass is 16.5. The zero-order valence-corrected chi connectivity index (χ0v) is 25.4. The van der Waals surface area contributed by atoms with E-state index in [-0.39, 0.29) is 5.97 Å². The van der Waals surface area contributed by atoms with Gasteiger partial charge in [0.2, 0.25) is 0 Å². The lowest BCUT2D eigenvalue weighted by Crippen LogP contribution is -2.47. The minimum atomic E-state index is -0.00257. The number of esters is 1. The maximum absolute atomic E-state index is 12.0. The van der Waals surface area contributed by atoms with Crippen molar-refractivity contribution in [3.05, 3.63) is 0 Å². The molecule has 6 nitrogen and oxygen atoms in total. The predicted octanol–water partition coefficient (Wildman–Crippen LogP) is 6.71. The van der Waals surface area contributed by atoms with Crippen LogP contribution in [-0.2, 0) is 14.3 Å². The lowest BCUT2D eigenvalue weighted by atomic mass is 10.1. The Labute approximate surface area is 236 Å². The Bertz CT molecular complexity index is 538. The average molecular weight is 538 g/mol. The predicted molar refractivity (Wildman–Crippen MR) is 161 cm³/mol. The van der Waals surface area contributed by atoms with Crippen molar-refractivity contribution < 1.29 is 14.3 Å². The molecule has 38 heavy (non-hydrogen) atoms. The maximum atomic E-state index is 12.0. The molecule has 1 rings (SSSR count). The van der Waals surface area contributed by atoms with Gasteiger partial charge in [-0.25, -0.2) is 0 Å². The van der Waals surface area contributed by atoms with Gasteiger partial charge in [-0.15, -0.1) is 0 Å². The Morgan fingerprint density at radius 1 is 0.711 bits per heavy atom. The van der Waals surface area contributed by atoms with Gasteiger partial charge in [0.25, 0.3) is 0 Å². The van der Waals surface area contributed by atoms with Gasteiger partial charge in [-0.05, 0) is 52.2 Å². The lowest BCUT2D eigenvalue weighted by Gasteiger charge is -2.34. The van der Waals surface area contributed by atoms with Crippen molar-refractivity contribution in [2.75, 3.05) is 66.0 Å². The van der Waals surface area contributed by atoms with Gasteiger partial charge in [-0.1, -0.05) is 84.0 Å². The summed E-state index contributed by atoms with van der Waals surface area (Å²) in [7, 11) is 2.22. The first-order chi connectivity index (χ1) is 18.7. The van der Waals surface area contributed by atoms with Gasteiger partial charge in [0.15, 0.2) is 0 Å². The van der Waals surface area contributed by atoms with Crippen LogP contribution in [0.2, 0.25) is 0 Å². The summed E-state index contributed by atoms with van der Waals surface area (Å²) < 4.78 is 5.42. The normalized spacial score (nSPS) is 14.8. The smallest absolute Gasteiger partial charge is 0.305 e. The highest BCUT2D eigenvalue weighted by Crippen LogP contribution is 2.11. The van der Waals surface area contributed by atoms with Gasteiger partial charge in [0.05, 0.1) is 6.61 Å². The molecule has 1 heterocycles. The largest absolute Gasteiger partial charge is 0.466 e. The quantitative estimate of drug-likeness (QED) is 0.0659. The van der Waals surface area contributed by atoms with E-state index in [1.54, 1.807) is 0 Å². The number of hydrogen-bond donors (Lipinski definition) is 0. The first-order valence-corrected chi connectivity index (χ1v) is 16.4. The van der Waals surface area contributed by atoms with Crippen LogP contribution < -0.4 is 0 Å². The molecule has 0 aromatic carbocycles. The maximum Gasteiger partial charge on any atom is 0.305 e. The Morgan fingerprint density at radius 2 is 1.26 bits per heavy atom. The van der Waals surface area contributed by atoms with Gasteiger partial charge in [0, 0.05) is 52.1 Å². The third-order valence-corrected chi connectivity index (χ3v) is 7.99. The molecule has 1 saturated heterocycles. The molecule has 0 unspecified atom stereocenters. The van der Waals surface area contributed by atoms with Crippen molar-refractivity contribution in [3.8, 4) is 0 Å². The number of likely N-dealkylation sites (N-methyl/N-ethyl adjacent to an activating group) is 1. The molecule has 0 amide bonds. The fourth-order valence-corrected chi connectivity index (χ4v) is 5.24. The second-order valence-electron chi connectivity index (χ2n) is 11.6. The number of carbonyl (C=O) groups is 2. The fraction of sp³-hybridized carbons (Fsp3) is 0.938. The molecular formula is C32H63N3O3. The molecule has 1 fully saturated rings. The molecule has 0 bridgehead atoms. The third kappa shape index (κ3) is 21.9. The SMILES string of the molecule is CCCCCCCCCOC(=O)CCCCCCCN(CCCCCCCC=O)CCN1CCN(C)CC1. The van der Waals surface area contributed by atoms with Crippen LogP contribution in [0.25, 0.3) is 0 Å². The molecule has 0 aromatic heterocycles. The summed E-state index contributed by atoms with van der Waals surface area (Å²) in [5, 5.41) is 0. The van der Waals surface area contributed by atoms with Crippen LogP contribution in [0.5, 0.6) is 0 Å². The van der Waals surface area contributed by atoms with E-state index in [0.717, 1.165) is 38.4 Å². The summed E-state index contributed by atoms with van der Waals surface area (Å²) in [6.07, 6.45) is 23.0. The van der Waals surface area contributed by atoms with E-state index in [2.05, 4.69) is 28.7 Å². The number of ether oxygens (including phenoxy) is 1. The van der Waals surface area contributed by atoms with E-state index in [9.17, 15) is 9.59 Å². The van der Waals surface area contributed by atoms with Crippen molar-refractivity contribution in [2.45, 2.75) is 129 Å². The number of piperazine rings is 1. The van der Waals surface area contributed by atoms with Crippen molar-refractivity contribution in [1.29, 1.82) is 0 Å². The molecule has 224 valence electrons. The molecule has 0 N–H and O–H groups in total. The van der Waals surface area contributed by atoms with Crippen LogP contribution in [-0.4, -0.2) is 93.0 Å². The summed E-state index contributed by atoms with van der Waals surface area (Å²) >= 11 is 0. The van der Waals surface area contributed by atoms with Gasteiger partial charge < -0.3 is 19.3 Å². The minimum Gasteiger partial charge on any atom is -0.466 e. The van der Waals surface area contributed by atoms with Gasteiger partial charge >= 0.3 is 5.97 Å². The summed E-state index contributed by atoms with van der Waals surface area (Å²) in [6.45, 7) is 12.4. The highest BCUT2D eigenvalue weighted by molar-refractivity contribution is 5.69. The molecule has 0 saturated carbocycles. The summed E-state index contributed by atoms with van der Waals surface area (Å²) in [4.78, 5) is 30.2. The van der Waals surface area contributed by atoms with Gasteiger partial charge in [-0.3, -0.25) is 9.69 Å². The molecule has 1 aliphatic heterocycles. The standard InChI is InChI=1S/C32H63N3O3/c1-3-4-5-6-9-15-20-31-38-32(37)21-16-11-10-13-18-23-34(22-17-12-7-8-14-19-30-36)28-29-35-26-24-33(2)25-27-35/h30H,3-29,31H2,1-2H3. The zero-order valence-electron chi connectivity index (χ0n) is 25.4. The van der Waals surface area contributed by atoms with Crippen molar-refractivity contribution in [3.63, 3.8) is 0 Å². The Kier molecular flexibility index (Phi) is 24.2. The van der Waals surface area contributed by atoms with Crippen molar-refractivity contribution >= 4 is 12.3 Å². The van der Waals surface area contributed by atoms with Crippen LogP contribution in [0.3, 0.4) is 0 Å². The second-order valence-corrected chi connectivity index (χ2v) is 11.6. The lowest BCUT2D eigenvalue weighted by molar-refractivity contribution is -0.143. The van der Waals surface area contributed by atoms with E-state index in [1.807, 2.05) is 0 Å². The van der Waals surface area contributed by atoms with Gasteiger partial charge in [-0.2, -0.15) is 0 Å². The minimum absolute atomic E-state index is 0.00257. The molecular weight excluding hydrogens is 474 g/mol. The van der Waals surface area contributed by atoms with Crippen LogP contribution in [0, 0.1) is 0 Å². The Morgan fingerprint density at radius 3 is 1.89 bits per heavy atom. The summed E-state index contributed by atoms with van der Waals surface area (Å²) in [6, 6.07) is 0. The van der Waals surface area contributed by atoms with Crippen LogP contribution in [0.4, 0.5) is 0 Å². The second kappa shape index (κ2) is 26.3. The molecule has 1 aliphatic rings. The van der Waals surface area contributed by atoms with E-state index in [1.165, 1.54) is 136 Å². The van der Waals surface area contributed by atoms with Gasteiger partial charge in [0.1, 0.15) is 6.29 Å². The molecule has 0 atom stereocenters. The average Bonchev–Trinajstić information content (AvgIpc) is 2.92. The molecule has 0 spiro atoms. The Hall–Kier alpha value is -0.980. The molecule has 0 radical (unpaired) electrons. The topological polar surface area (TPSA) is 53.1 Å².